The summed E-state index contributed by atoms with van der Waals surface area (Å²) in [5.74, 6) is 1.37. The molecular formula is C21H21NO2. The second-order valence-electron chi connectivity index (χ2n) is 5.67. The summed E-state index contributed by atoms with van der Waals surface area (Å²) < 4.78 is 11.9. The lowest BCUT2D eigenvalue weighted by molar-refractivity contribution is 0.273. The second-order valence-corrected chi connectivity index (χ2v) is 5.67. The van der Waals surface area contributed by atoms with Crippen molar-refractivity contribution in [2.24, 2.45) is 0 Å². The lowest BCUT2D eigenvalue weighted by Gasteiger charge is -2.15. The lowest BCUT2D eigenvalue weighted by atomic mass is 10.1. The van der Waals surface area contributed by atoms with E-state index in [-0.39, 0.29) is 0 Å². The van der Waals surface area contributed by atoms with Crippen molar-refractivity contribution >= 4 is 6.21 Å². The molecule has 1 N–H and O–H groups in total. The van der Waals surface area contributed by atoms with Crippen LogP contribution in [0.1, 0.15) is 24.0 Å². The molecule has 0 fully saturated rings. The summed E-state index contributed by atoms with van der Waals surface area (Å²) in [6.45, 7) is 1.00. The van der Waals surface area contributed by atoms with Crippen LogP contribution in [0.5, 0.6) is 11.5 Å². The quantitative estimate of drug-likeness (QED) is 0.736. The second kappa shape index (κ2) is 8.16. The molecule has 1 aliphatic carbocycles. The Morgan fingerprint density at radius 1 is 0.917 bits per heavy atom. The molecule has 0 heterocycles. The molecule has 0 saturated carbocycles. The summed E-state index contributed by atoms with van der Waals surface area (Å²) in [5.41, 5.74) is 3.08. The molecule has 122 valence electrons. The van der Waals surface area contributed by atoms with Crippen LogP contribution < -0.4 is 9.47 Å². The fraction of sp³-hybridized carbons (Fsp3) is 0.190. The van der Waals surface area contributed by atoms with Crippen LogP contribution in [-0.4, -0.2) is 12.8 Å². The first-order chi connectivity index (χ1) is 11.8. The fourth-order valence-electron chi connectivity index (χ4n) is 2.52. The monoisotopic (exact) mass is 319 g/mol. The van der Waals surface area contributed by atoms with Gasteiger partial charge < -0.3 is 14.9 Å². The Morgan fingerprint density at radius 3 is 2.50 bits per heavy atom. The summed E-state index contributed by atoms with van der Waals surface area (Å²) in [4.78, 5) is 0. The van der Waals surface area contributed by atoms with Gasteiger partial charge >= 0.3 is 0 Å². The van der Waals surface area contributed by atoms with Gasteiger partial charge in [0.25, 0.3) is 0 Å². The SMILES string of the molecule is N=Cc1ccc(OCC2=CCCC=C2)c(OCc2ccccc2)c1. The molecule has 24 heavy (non-hydrogen) atoms. The normalized spacial score (nSPS) is 13.2. The maximum absolute atomic E-state index is 7.43. The third kappa shape index (κ3) is 4.35. The molecule has 0 spiro atoms. The van der Waals surface area contributed by atoms with Crippen LogP contribution in [0.4, 0.5) is 0 Å². The smallest absolute Gasteiger partial charge is 0.162 e. The van der Waals surface area contributed by atoms with Gasteiger partial charge in [0, 0.05) is 6.21 Å². The molecule has 0 bridgehead atoms. The first-order valence-corrected chi connectivity index (χ1v) is 8.15. The van der Waals surface area contributed by atoms with Gasteiger partial charge in [0.15, 0.2) is 11.5 Å². The highest BCUT2D eigenvalue weighted by Gasteiger charge is 2.08. The molecule has 2 aromatic rings. The van der Waals surface area contributed by atoms with Crippen LogP contribution >= 0.6 is 0 Å². The van der Waals surface area contributed by atoms with Gasteiger partial charge in [-0.15, -0.1) is 0 Å². The zero-order valence-corrected chi connectivity index (χ0v) is 13.6. The number of hydrogen-bond acceptors (Lipinski definition) is 3. The van der Waals surface area contributed by atoms with Crippen LogP contribution in [-0.2, 0) is 6.61 Å². The van der Waals surface area contributed by atoms with E-state index in [2.05, 4.69) is 18.2 Å². The van der Waals surface area contributed by atoms with Crippen LogP contribution in [0.3, 0.4) is 0 Å². The largest absolute Gasteiger partial charge is 0.485 e. The van der Waals surface area contributed by atoms with Gasteiger partial charge in [-0.1, -0.05) is 48.6 Å². The molecule has 1 aliphatic rings. The van der Waals surface area contributed by atoms with Gasteiger partial charge in [0.1, 0.15) is 13.2 Å². The summed E-state index contributed by atoms with van der Waals surface area (Å²) in [6, 6.07) is 15.6. The predicted octanol–water partition coefficient (Wildman–Crippen LogP) is 4.92. The average molecular weight is 319 g/mol. The van der Waals surface area contributed by atoms with Crippen LogP contribution in [0.15, 0.2) is 72.3 Å². The molecular weight excluding hydrogens is 298 g/mol. The third-order valence-electron chi connectivity index (χ3n) is 3.84. The number of nitrogens with one attached hydrogen (secondary N) is 1. The summed E-state index contributed by atoms with van der Waals surface area (Å²) in [6.07, 6.45) is 9.97. The highest BCUT2D eigenvalue weighted by Crippen LogP contribution is 2.29. The number of rotatable bonds is 7. The fourth-order valence-corrected chi connectivity index (χ4v) is 2.52. The zero-order valence-electron chi connectivity index (χ0n) is 13.6. The number of allylic oxidation sites excluding steroid dienone is 2. The minimum Gasteiger partial charge on any atom is -0.485 e. The molecule has 0 saturated heterocycles. The van der Waals surface area contributed by atoms with E-state index in [0.29, 0.717) is 24.7 Å². The number of ether oxygens (including phenoxy) is 2. The molecule has 0 atom stereocenters. The van der Waals surface area contributed by atoms with Gasteiger partial charge in [0.05, 0.1) is 0 Å². The summed E-state index contributed by atoms with van der Waals surface area (Å²) in [5, 5.41) is 7.43. The minimum absolute atomic E-state index is 0.473. The highest BCUT2D eigenvalue weighted by atomic mass is 16.5. The topological polar surface area (TPSA) is 42.3 Å². The molecule has 3 rings (SSSR count). The van der Waals surface area contributed by atoms with Crippen LogP contribution in [0.2, 0.25) is 0 Å². The van der Waals surface area contributed by atoms with Gasteiger partial charge in [-0.25, -0.2) is 0 Å². The average Bonchev–Trinajstić information content (AvgIpc) is 2.66. The van der Waals surface area contributed by atoms with E-state index in [1.54, 1.807) is 0 Å². The highest BCUT2D eigenvalue weighted by molar-refractivity contribution is 5.78. The molecule has 0 unspecified atom stereocenters. The Kier molecular flexibility index (Phi) is 5.46. The Bertz CT molecular complexity index is 748. The molecule has 0 aliphatic heterocycles. The summed E-state index contributed by atoms with van der Waals surface area (Å²) in [7, 11) is 0. The van der Waals surface area contributed by atoms with Crippen LogP contribution in [0.25, 0.3) is 0 Å². The van der Waals surface area contributed by atoms with Crippen molar-refractivity contribution in [3.05, 3.63) is 83.5 Å². The van der Waals surface area contributed by atoms with E-state index < -0.39 is 0 Å². The molecule has 0 radical (unpaired) electrons. The Hall–Kier alpha value is -2.81. The number of hydrogen-bond donors (Lipinski definition) is 1. The van der Waals surface area contributed by atoms with Crippen molar-refractivity contribution in [3.8, 4) is 11.5 Å². The van der Waals surface area contributed by atoms with Gasteiger partial charge in [-0.3, -0.25) is 0 Å². The van der Waals surface area contributed by atoms with E-state index >= 15 is 0 Å². The van der Waals surface area contributed by atoms with Crippen molar-refractivity contribution in [2.45, 2.75) is 19.4 Å². The first kappa shape index (κ1) is 16.1. The Morgan fingerprint density at radius 2 is 1.75 bits per heavy atom. The minimum atomic E-state index is 0.473. The van der Waals surface area contributed by atoms with E-state index in [9.17, 15) is 0 Å². The summed E-state index contributed by atoms with van der Waals surface area (Å²) >= 11 is 0. The van der Waals surface area contributed by atoms with Crippen molar-refractivity contribution in [2.75, 3.05) is 6.61 Å². The molecule has 3 heteroatoms. The van der Waals surface area contributed by atoms with Crippen molar-refractivity contribution in [1.29, 1.82) is 5.41 Å². The van der Waals surface area contributed by atoms with Gasteiger partial charge in [-0.2, -0.15) is 0 Å². The van der Waals surface area contributed by atoms with Gasteiger partial charge in [-0.05, 0) is 47.7 Å². The standard InChI is InChI=1S/C21H21NO2/c22-14-19-11-12-20(23-15-17-7-3-1-4-8-17)21(13-19)24-16-18-9-5-2-6-10-18/h2-3,5-14,22H,1,4,15-16H2. The van der Waals surface area contributed by atoms with Crippen molar-refractivity contribution in [3.63, 3.8) is 0 Å². The van der Waals surface area contributed by atoms with E-state index in [1.807, 2.05) is 48.5 Å². The van der Waals surface area contributed by atoms with Crippen LogP contribution in [0, 0.1) is 5.41 Å². The van der Waals surface area contributed by atoms with E-state index in [1.165, 1.54) is 11.8 Å². The molecule has 2 aromatic carbocycles. The van der Waals surface area contributed by atoms with E-state index in [0.717, 1.165) is 24.0 Å². The van der Waals surface area contributed by atoms with Crippen molar-refractivity contribution < 1.29 is 9.47 Å². The van der Waals surface area contributed by atoms with Crippen molar-refractivity contribution in [1.82, 2.24) is 0 Å². The molecule has 0 amide bonds. The zero-order chi connectivity index (χ0) is 16.6. The van der Waals surface area contributed by atoms with Gasteiger partial charge in [0.2, 0.25) is 0 Å². The number of benzene rings is 2. The lowest BCUT2D eigenvalue weighted by Crippen LogP contribution is -2.04. The maximum Gasteiger partial charge on any atom is 0.162 e. The Balaban J connectivity index is 1.71. The molecule has 3 nitrogen and oxygen atoms in total. The maximum atomic E-state index is 7.43. The van der Waals surface area contributed by atoms with E-state index in [4.69, 9.17) is 14.9 Å². The Labute approximate surface area is 142 Å². The molecule has 0 aromatic heterocycles. The first-order valence-electron chi connectivity index (χ1n) is 8.15. The predicted molar refractivity (Wildman–Crippen MR) is 97.1 cm³/mol. The third-order valence-corrected chi connectivity index (χ3v) is 3.84.